The lowest BCUT2D eigenvalue weighted by Gasteiger charge is -2.33. The van der Waals surface area contributed by atoms with Crippen LogP contribution < -0.4 is 9.62 Å². The van der Waals surface area contributed by atoms with Crippen molar-refractivity contribution in [3.8, 4) is 0 Å². The van der Waals surface area contributed by atoms with Crippen LogP contribution in [-0.2, 0) is 32.6 Å². The van der Waals surface area contributed by atoms with Gasteiger partial charge in [-0.1, -0.05) is 72.3 Å². The minimum absolute atomic E-state index is 0.150. The van der Waals surface area contributed by atoms with Crippen LogP contribution in [0, 0.1) is 6.92 Å². The maximum atomic E-state index is 13.8. The number of likely N-dealkylation sites (N-methyl/N-ethyl adjacent to an activating group) is 1. The fourth-order valence-corrected chi connectivity index (χ4v) is 5.34. The van der Waals surface area contributed by atoms with E-state index in [0.29, 0.717) is 10.2 Å². The third kappa shape index (κ3) is 7.18. The number of hydrogen-bond acceptors (Lipinski definition) is 4. The Hall–Kier alpha value is -3.17. The first-order chi connectivity index (χ1) is 17.1. The predicted molar refractivity (Wildman–Crippen MR) is 146 cm³/mol. The lowest BCUT2D eigenvalue weighted by molar-refractivity contribution is -0.139. The van der Waals surface area contributed by atoms with E-state index in [1.807, 2.05) is 61.5 Å². The molecule has 9 heteroatoms. The minimum Gasteiger partial charge on any atom is -0.357 e. The Morgan fingerprint density at radius 1 is 0.917 bits per heavy atom. The summed E-state index contributed by atoms with van der Waals surface area (Å²) in [6.07, 6.45) is 1.34. The Bertz CT molecular complexity index is 1300. The number of halogens is 1. The van der Waals surface area contributed by atoms with E-state index in [9.17, 15) is 18.0 Å². The molecular formula is C27H30BrN3O4S. The molecule has 0 spiro atoms. The third-order valence-corrected chi connectivity index (χ3v) is 7.59. The van der Waals surface area contributed by atoms with Gasteiger partial charge in [0.25, 0.3) is 0 Å². The number of benzene rings is 3. The quantitative estimate of drug-likeness (QED) is 0.399. The highest BCUT2D eigenvalue weighted by molar-refractivity contribution is 9.10. The molecule has 190 valence electrons. The smallest absolute Gasteiger partial charge is 0.244 e. The highest BCUT2D eigenvalue weighted by Crippen LogP contribution is 2.28. The fourth-order valence-electron chi connectivity index (χ4n) is 3.86. The second-order valence-electron chi connectivity index (χ2n) is 8.55. The number of para-hydroxylation sites is 1. The van der Waals surface area contributed by atoms with E-state index < -0.39 is 28.5 Å². The molecule has 0 aliphatic heterocycles. The first-order valence-corrected chi connectivity index (χ1v) is 14.1. The third-order valence-electron chi connectivity index (χ3n) is 5.79. The van der Waals surface area contributed by atoms with Gasteiger partial charge in [-0.25, -0.2) is 8.42 Å². The molecule has 0 saturated carbocycles. The lowest BCUT2D eigenvalue weighted by Crippen LogP contribution is -2.52. The summed E-state index contributed by atoms with van der Waals surface area (Å²) < 4.78 is 27.1. The molecule has 0 aliphatic rings. The molecule has 0 fully saturated rings. The molecule has 0 saturated heterocycles. The number of anilines is 1. The standard InChI is InChI=1S/C27H30BrN3O4S/c1-20-13-15-22(16-14-20)18-30(25(27(33)29-2)17-21-9-5-4-6-10-21)26(32)19-31(36(3,34)35)24-12-8-7-11-23(24)28/h4-16,25H,17-19H2,1-3H3,(H,29,33)/t25-/m0/s1. The first kappa shape index (κ1) is 27.4. The van der Waals surface area contributed by atoms with E-state index in [-0.39, 0.29) is 18.9 Å². The van der Waals surface area contributed by atoms with Crippen LogP contribution in [0.3, 0.4) is 0 Å². The highest BCUT2D eigenvalue weighted by Gasteiger charge is 2.33. The number of carbonyl (C=O) groups is 2. The summed E-state index contributed by atoms with van der Waals surface area (Å²) in [6, 6.07) is 23.1. The van der Waals surface area contributed by atoms with Gasteiger partial charge in [-0.05, 0) is 46.1 Å². The molecule has 0 aromatic heterocycles. The number of hydrogen-bond donors (Lipinski definition) is 1. The van der Waals surface area contributed by atoms with E-state index >= 15 is 0 Å². The number of sulfonamides is 1. The average molecular weight is 573 g/mol. The number of carbonyl (C=O) groups excluding carboxylic acids is 2. The van der Waals surface area contributed by atoms with Crippen molar-refractivity contribution >= 4 is 43.5 Å². The maximum absolute atomic E-state index is 13.8. The van der Waals surface area contributed by atoms with Gasteiger partial charge in [0.1, 0.15) is 12.6 Å². The molecule has 0 bridgehead atoms. The van der Waals surface area contributed by atoms with Crippen LogP contribution in [0.2, 0.25) is 0 Å². The van der Waals surface area contributed by atoms with E-state index in [4.69, 9.17) is 0 Å². The van der Waals surface area contributed by atoms with Crippen LogP contribution in [0.1, 0.15) is 16.7 Å². The molecule has 0 radical (unpaired) electrons. The molecule has 2 amide bonds. The van der Waals surface area contributed by atoms with Gasteiger partial charge >= 0.3 is 0 Å². The van der Waals surface area contributed by atoms with Crippen LogP contribution in [0.5, 0.6) is 0 Å². The molecule has 0 unspecified atom stereocenters. The zero-order chi connectivity index (χ0) is 26.3. The van der Waals surface area contributed by atoms with Crippen LogP contribution in [0.4, 0.5) is 5.69 Å². The second-order valence-corrected chi connectivity index (χ2v) is 11.3. The molecular weight excluding hydrogens is 542 g/mol. The minimum atomic E-state index is -3.80. The van der Waals surface area contributed by atoms with Gasteiger partial charge in [-0.2, -0.15) is 0 Å². The van der Waals surface area contributed by atoms with Crippen LogP contribution in [0.15, 0.2) is 83.3 Å². The Morgan fingerprint density at radius 3 is 2.11 bits per heavy atom. The molecule has 1 atom stereocenters. The van der Waals surface area contributed by atoms with Crippen molar-refractivity contribution < 1.29 is 18.0 Å². The first-order valence-electron chi connectivity index (χ1n) is 11.4. The SMILES string of the molecule is CNC(=O)[C@H](Cc1ccccc1)N(Cc1ccc(C)cc1)C(=O)CN(c1ccccc1Br)S(C)(=O)=O. The van der Waals surface area contributed by atoms with Crippen molar-refractivity contribution in [3.63, 3.8) is 0 Å². The van der Waals surface area contributed by atoms with Crippen molar-refractivity contribution in [2.24, 2.45) is 0 Å². The van der Waals surface area contributed by atoms with Crippen LogP contribution >= 0.6 is 15.9 Å². The highest BCUT2D eigenvalue weighted by atomic mass is 79.9. The normalized spacial score (nSPS) is 12.0. The number of nitrogens with one attached hydrogen (secondary N) is 1. The summed E-state index contributed by atoms with van der Waals surface area (Å²) in [4.78, 5) is 28.4. The summed E-state index contributed by atoms with van der Waals surface area (Å²) in [5.41, 5.74) is 3.14. The Labute approximate surface area is 221 Å². The van der Waals surface area contributed by atoms with E-state index in [0.717, 1.165) is 27.3 Å². The van der Waals surface area contributed by atoms with Gasteiger partial charge in [-0.3, -0.25) is 13.9 Å². The van der Waals surface area contributed by atoms with Gasteiger partial charge in [0.05, 0.1) is 11.9 Å². The molecule has 7 nitrogen and oxygen atoms in total. The van der Waals surface area contributed by atoms with Gasteiger partial charge in [0.2, 0.25) is 21.8 Å². The summed E-state index contributed by atoms with van der Waals surface area (Å²) in [5, 5.41) is 2.67. The lowest BCUT2D eigenvalue weighted by atomic mass is 10.0. The Morgan fingerprint density at radius 2 is 1.53 bits per heavy atom. The van der Waals surface area contributed by atoms with Crippen LogP contribution in [-0.4, -0.2) is 51.0 Å². The van der Waals surface area contributed by atoms with E-state index in [1.54, 1.807) is 24.3 Å². The van der Waals surface area contributed by atoms with Crippen molar-refractivity contribution in [2.75, 3.05) is 24.2 Å². The molecule has 3 aromatic carbocycles. The number of rotatable bonds is 10. The van der Waals surface area contributed by atoms with Crippen molar-refractivity contribution in [1.82, 2.24) is 10.2 Å². The zero-order valence-corrected chi connectivity index (χ0v) is 22.9. The molecule has 3 rings (SSSR count). The molecule has 1 N–H and O–H groups in total. The number of amides is 2. The second kappa shape index (κ2) is 12.2. The predicted octanol–water partition coefficient (Wildman–Crippen LogP) is 3.91. The maximum Gasteiger partial charge on any atom is 0.244 e. The van der Waals surface area contributed by atoms with Crippen molar-refractivity contribution in [2.45, 2.75) is 25.9 Å². The van der Waals surface area contributed by atoms with Gasteiger partial charge in [-0.15, -0.1) is 0 Å². The van der Waals surface area contributed by atoms with E-state index in [1.165, 1.54) is 11.9 Å². The zero-order valence-electron chi connectivity index (χ0n) is 20.5. The van der Waals surface area contributed by atoms with Gasteiger partial charge in [0.15, 0.2) is 0 Å². The molecule has 36 heavy (non-hydrogen) atoms. The number of nitrogens with zero attached hydrogens (tertiary/aromatic N) is 2. The Kier molecular flexibility index (Phi) is 9.28. The van der Waals surface area contributed by atoms with Gasteiger partial charge in [0, 0.05) is 24.5 Å². The van der Waals surface area contributed by atoms with Crippen LogP contribution in [0.25, 0.3) is 0 Å². The van der Waals surface area contributed by atoms with Crippen molar-refractivity contribution in [3.05, 3.63) is 100 Å². The Balaban J connectivity index is 2.03. The van der Waals surface area contributed by atoms with Gasteiger partial charge < -0.3 is 10.2 Å². The summed E-state index contributed by atoms with van der Waals surface area (Å²) >= 11 is 3.39. The molecule has 0 aliphatic carbocycles. The molecule has 0 heterocycles. The molecule has 3 aromatic rings. The van der Waals surface area contributed by atoms with E-state index in [2.05, 4.69) is 21.2 Å². The van der Waals surface area contributed by atoms with Crippen molar-refractivity contribution in [1.29, 1.82) is 0 Å². The average Bonchev–Trinajstić information content (AvgIpc) is 2.85. The summed E-state index contributed by atoms with van der Waals surface area (Å²) in [7, 11) is -2.28. The largest absolute Gasteiger partial charge is 0.357 e. The topological polar surface area (TPSA) is 86.8 Å². The summed E-state index contributed by atoms with van der Waals surface area (Å²) in [5.74, 6) is -0.813. The monoisotopic (exact) mass is 571 g/mol. The number of aryl methyl sites for hydroxylation is 1. The summed E-state index contributed by atoms with van der Waals surface area (Å²) in [6.45, 7) is 1.67. The fraction of sp³-hybridized carbons (Fsp3) is 0.259.